The SMILES string of the molecule is O=C1CCCN1CC(=O)N1CCCC(c2cc(-c3ccc(F)cc3)nn2-c2ncccn2)C1. The Morgan fingerprint density at radius 3 is 2.61 bits per heavy atom. The fourth-order valence-electron chi connectivity index (χ4n) is 4.59. The van der Waals surface area contributed by atoms with E-state index in [2.05, 4.69) is 9.97 Å². The summed E-state index contributed by atoms with van der Waals surface area (Å²) in [4.78, 5) is 37.1. The van der Waals surface area contributed by atoms with E-state index in [1.807, 2.05) is 11.0 Å². The lowest BCUT2D eigenvalue weighted by Gasteiger charge is -2.33. The molecule has 0 spiro atoms. The molecule has 0 aliphatic carbocycles. The molecule has 9 heteroatoms. The fourth-order valence-corrected chi connectivity index (χ4v) is 4.59. The van der Waals surface area contributed by atoms with Gasteiger partial charge in [0, 0.05) is 49.9 Å². The van der Waals surface area contributed by atoms with Crippen LogP contribution in [0.4, 0.5) is 4.39 Å². The number of likely N-dealkylation sites (tertiary alicyclic amines) is 2. The molecule has 2 aliphatic rings. The van der Waals surface area contributed by atoms with Gasteiger partial charge in [0.1, 0.15) is 5.82 Å². The van der Waals surface area contributed by atoms with Gasteiger partial charge in [-0.1, -0.05) is 0 Å². The second kappa shape index (κ2) is 9.09. The van der Waals surface area contributed by atoms with Gasteiger partial charge in [0.2, 0.25) is 11.8 Å². The van der Waals surface area contributed by atoms with Gasteiger partial charge in [-0.05, 0) is 55.7 Å². The first-order valence-corrected chi connectivity index (χ1v) is 11.3. The quantitative estimate of drug-likeness (QED) is 0.599. The molecule has 4 heterocycles. The molecule has 1 unspecified atom stereocenters. The Bertz CT molecular complexity index is 1150. The van der Waals surface area contributed by atoms with Crippen LogP contribution in [0.3, 0.4) is 0 Å². The topological polar surface area (TPSA) is 84.2 Å². The summed E-state index contributed by atoms with van der Waals surface area (Å²) in [6.45, 7) is 2.02. The molecular weight excluding hydrogens is 423 g/mol. The highest BCUT2D eigenvalue weighted by atomic mass is 19.1. The molecule has 1 aromatic carbocycles. The molecule has 2 aromatic heterocycles. The maximum absolute atomic E-state index is 13.4. The summed E-state index contributed by atoms with van der Waals surface area (Å²) in [7, 11) is 0. The minimum Gasteiger partial charge on any atom is -0.340 e. The molecule has 0 bridgehead atoms. The van der Waals surface area contributed by atoms with Gasteiger partial charge in [-0.25, -0.2) is 19.0 Å². The molecule has 2 amide bonds. The van der Waals surface area contributed by atoms with E-state index in [1.54, 1.807) is 40.2 Å². The number of rotatable bonds is 5. The van der Waals surface area contributed by atoms with Gasteiger partial charge in [0.15, 0.2) is 0 Å². The van der Waals surface area contributed by atoms with E-state index in [0.717, 1.165) is 30.5 Å². The van der Waals surface area contributed by atoms with E-state index in [1.165, 1.54) is 12.1 Å². The Balaban J connectivity index is 1.42. The molecule has 8 nitrogen and oxygen atoms in total. The molecule has 2 saturated heterocycles. The van der Waals surface area contributed by atoms with Crippen LogP contribution in [0.15, 0.2) is 48.8 Å². The standard InChI is InChI=1S/C24H25FN6O2/c25-19-8-6-17(7-9-19)20-14-21(31(28-20)24-26-10-3-11-27-24)18-4-1-12-29(15-18)23(33)16-30-13-2-5-22(30)32/h3,6-11,14,18H,1-2,4-5,12-13,15-16H2. The molecule has 3 aromatic rings. The number of carbonyl (C=O) groups is 2. The zero-order valence-corrected chi connectivity index (χ0v) is 18.2. The average Bonchev–Trinajstić information content (AvgIpc) is 3.47. The summed E-state index contributed by atoms with van der Waals surface area (Å²) < 4.78 is 15.1. The van der Waals surface area contributed by atoms with Crippen molar-refractivity contribution in [1.29, 1.82) is 0 Å². The predicted molar refractivity (Wildman–Crippen MR) is 119 cm³/mol. The lowest BCUT2D eigenvalue weighted by molar-refractivity contribution is -0.139. The van der Waals surface area contributed by atoms with Gasteiger partial charge in [0.05, 0.1) is 17.9 Å². The number of benzene rings is 1. The molecule has 1 atom stereocenters. The second-order valence-electron chi connectivity index (χ2n) is 8.52. The van der Waals surface area contributed by atoms with E-state index >= 15 is 0 Å². The minimum absolute atomic E-state index is 0.0178. The first kappa shape index (κ1) is 21.2. The fraction of sp³-hybridized carbons (Fsp3) is 0.375. The van der Waals surface area contributed by atoms with Crippen molar-refractivity contribution in [1.82, 2.24) is 29.5 Å². The molecule has 0 radical (unpaired) electrons. The third kappa shape index (κ3) is 4.48. The van der Waals surface area contributed by atoms with Gasteiger partial charge in [-0.2, -0.15) is 5.10 Å². The third-order valence-electron chi connectivity index (χ3n) is 6.31. The van der Waals surface area contributed by atoms with E-state index in [4.69, 9.17) is 5.10 Å². The first-order chi connectivity index (χ1) is 16.1. The number of piperidine rings is 1. The summed E-state index contributed by atoms with van der Waals surface area (Å²) in [5, 5.41) is 4.73. The van der Waals surface area contributed by atoms with E-state index in [0.29, 0.717) is 37.7 Å². The van der Waals surface area contributed by atoms with Crippen molar-refractivity contribution in [2.75, 3.05) is 26.2 Å². The number of carbonyl (C=O) groups excluding carboxylic acids is 2. The van der Waals surface area contributed by atoms with Crippen LogP contribution >= 0.6 is 0 Å². The number of hydrogen-bond acceptors (Lipinski definition) is 5. The lowest BCUT2D eigenvalue weighted by Crippen LogP contribution is -2.45. The zero-order chi connectivity index (χ0) is 22.8. The van der Waals surface area contributed by atoms with Crippen LogP contribution in [0.2, 0.25) is 0 Å². The van der Waals surface area contributed by atoms with E-state index < -0.39 is 0 Å². The van der Waals surface area contributed by atoms with Crippen molar-refractivity contribution in [2.45, 2.75) is 31.6 Å². The van der Waals surface area contributed by atoms with Gasteiger partial charge in [-0.3, -0.25) is 9.59 Å². The minimum atomic E-state index is -0.303. The Morgan fingerprint density at radius 1 is 1.09 bits per heavy atom. The van der Waals surface area contributed by atoms with Gasteiger partial charge < -0.3 is 9.80 Å². The number of aromatic nitrogens is 4. The number of hydrogen-bond donors (Lipinski definition) is 0. The monoisotopic (exact) mass is 448 g/mol. The largest absolute Gasteiger partial charge is 0.340 e. The Morgan fingerprint density at radius 2 is 1.88 bits per heavy atom. The van der Waals surface area contributed by atoms with Gasteiger partial charge in [-0.15, -0.1) is 0 Å². The van der Waals surface area contributed by atoms with Crippen LogP contribution in [0.25, 0.3) is 17.2 Å². The van der Waals surface area contributed by atoms with Crippen LogP contribution in [0, 0.1) is 5.82 Å². The molecule has 2 fully saturated rings. The molecular formula is C24H25FN6O2. The molecule has 33 heavy (non-hydrogen) atoms. The van der Waals surface area contributed by atoms with Crippen LogP contribution in [0.5, 0.6) is 0 Å². The number of amides is 2. The molecule has 0 saturated carbocycles. The third-order valence-corrected chi connectivity index (χ3v) is 6.31. The van der Waals surface area contributed by atoms with Gasteiger partial charge in [0.25, 0.3) is 5.95 Å². The van der Waals surface area contributed by atoms with Crippen LogP contribution in [0.1, 0.15) is 37.3 Å². The second-order valence-corrected chi connectivity index (χ2v) is 8.52. The Hall–Kier alpha value is -3.62. The van der Waals surface area contributed by atoms with Crippen molar-refractivity contribution in [2.24, 2.45) is 0 Å². The maximum atomic E-state index is 13.4. The summed E-state index contributed by atoms with van der Waals surface area (Å²) in [5.74, 6) is 0.230. The molecule has 2 aliphatic heterocycles. The molecule has 170 valence electrons. The summed E-state index contributed by atoms with van der Waals surface area (Å²) in [6, 6.07) is 9.94. The van der Waals surface area contributed by atoms with Gasteiger partial charge >= 0.3 is 0 Å². The normalized spacial score (nSPS) is 18.7. The first-order valence-electron chi connectivity index (χ1n) is 11.3. The summed E-state index contributed by atoms with van der Waals surface area (Å²) in [5.41, 5.74) is 2.41. The highest BCUT2D eigenvalue weighted by Gasteiger charge is 2.31. The summed E-state index contributed by atoms with van der Waals surface area (Å²) >= 11 is 0. The predicted octanol–water partition coefficient (Wildman–Crippen LogP) is 2.80. The van der Waals surface area contributed by atoms with Crippen molar-refractivity contribution in [3.05, 3.63) is 60.3 Å². The zero-order valence-electron chi connectivity index (χ0n) is 18.2. The number of nitrogens with zero attached hydrogens (tertiary/aromatic N) is 6. The van der Waals surface area contributed by atoms with Crippen molar-refractivity contribution in [3.63, 3.8) is 0 Å². The highest BCUT2D eigenvalue weighted by Crippen LogP contribution is 2.31. The number of halogens is 1. The maximum Gasteiger partial charge on any atom is 0.250 e. The Labute approximate surface area is 191 Å². The van der Waals surface area contributed by atoms with Crippen LogP contribution in [-0.4, -0.2) is 67.5 Å². The van der Waals surface area contributed by atoms with E-state index in [9.17, 15) is 14.0 Å². The van der Waals surface area contributed by atoms with Crippen molar-refractivity contribution >= 4 is 11.8 Å². The van der Waals surface area contributed by atoms with Crippen molar-refractivity contribution < 1.29 is 14.0 Å². The summed E-state index contributed by atoms with van der Waals surface area (Å²) in [6.07, 6.45) is 6.42. The Kier molecular flexibility index (Phi) is 5.85. The van der Waals surface area contributed by atoms with E-state index in [-0.39, 0.29) is 30.1 Å². The van der Waals surface area contributed by atoms with Crippen LogP contribution < -0.4 is 0 Å². The smallest absolute Gasteiger partial charge is 0.250 e. The average molecular weight is 449 g/mol. The lowest BCUT2D eigenvalue weighted by atomic mass is 9.94. The molecule has 0 N–H and O–H groups in total. The highest BCUT2D eigenvalue weighted by molar-refractivity contribution is 5.86. The molecule has 5 rings (SSSR count). The van der Waals surface area contributed by atoms with Crippen LogP contribution in [-0.2, 0) is 9.59 Å². The van der Waals surface area contributed by atoms with Crippen molar-refractivity contribution in [3.8, 4) is 17.2 Å².